The molecule has 0 aliphatic carbocycles. The fourth-order valence-corrected chi connectivity index (χ4v) is 16.3. The molecule has 334 valence electrons. The summed E-state index contributed by atoms with van der Waals surface area (Å²) in [5.41, 5.74) is 12.5. The summed E-state index contributed by atoms with van der Waals surface area (Å²) in [5.74, 6) is 0. The molecule has 0 unspecified atom stereocenters. The Balaban J connectivity index is 0.859. The van der Waals surface area contributed by atoms with Crippen LogP contribution in [0.2, 0.25) is 26.2 Å². The number of para-hydroxylation sites is 4. The Hall–Kier alpha value is -8.03. The molecule has 0 bridgehead atoms. The molecule has 13 rings (SSSR count). The predicted molar refractivity (Wildman–Crippen MR) is 307 cm³/mol. The molecule has 2 heterocycles. The van der Waals surface area contributed by atoms with Crippen molar-refractivity contribution in [2.75, 3.05) is 0 Å². The summed E-state index contributed by atoms with van der Waals surface area (Å²) >= 11 is 0. The maximum absolute atomic E-state index is 2.50. The van der Waals surface area contributed by atoms with E-state index >= 15 is 0 Å². The molecule has 0 atom stereocenters. The molecule has 70 heavy (non-hydrogen) atoms. The molecule has 0 aliphatic rings. The normalized spacial score (nSPS) is 12.3. The van der Waals surface area contributed by atoms with Crippen LogP contribution >= 0.6 is 0 Å². The van der Waals surface area contributed by atoms with Crippen LogP contribution < -0.4 is 20.7 Å². The maximum Gasteiger partial charge on any atom is 0.112 e. The maximum atomic E-state index is 2.50. The highest BCUT2D eigenvalue weighted by Crippen LogP contribution is 2.44. The van der Waals surface area contributed by atoms with Gasteiger partial charge in [-0.1, -0.05) is 241 Å². The van der Waals surface area contributed by atoms with Gasteiger partial charge in [0.1, 0.15) is 16.1 Å². The summed E-state index contributed by atoms with van der Waals surface area (Å²) in [4.78, 5) is 0. The van der Waals surface area contributed by atoms with Gasteiger partial charge in [-0.25, -0.2) is 0 Å². The van der Waals surface area contributed by atoms with Gasteiger partial charge in [-0.05, 0) is 92.3 Å². The zero-order valence-corrected chi connectivity index (χ0v) is 42.0. The van der Waals surface area contributed by atoms with E-state index < -0.39 is 16.1 Å². The Morgan fingerprint density at radius 3 is 0.886 bits per heavy atom. The average Bonchev–Trinajstić information content (AvgIpc) is 3.93. The molecule has 0 radical (unpaired) electrons. The summed E-state index contributed by atoms with van der Waals surface area (Å²) in [6.45, 7) is 9.99. The van der Waals surface area contributed by atoms with Gasteiger partial charge in [0.05, 0.1) is 22.1 Å². The second-order valence-electron chi connectivity index (χ2n) is 20.1. The van der Waals surface area contributed by atoms with E-state index in [1.165, 1.54) is 120 Å². The zero-order valence-electron chi connectivity index (χ0n) is 40.0. The number of rotatable bonds is 8. The van der Waals surface area contributed by atoms with Crippen LogP contribution in [0.1, 0.15) is 0 Å². The van der Waals surface area contributed by atoms with Crippen LogP contribution in [-0.2, 0) is 0 Å². The SMILES string of the molecule is C[Si](C)(c1ccc(-c2c3ccccc3c(-c3ccc([Si](C)(C)c4ccc5c(c4)c4ccccc4n5-c4ccccc4)cc3)c3ccccc23)cc1)c1ccc2c(c1)c1ccccc1n2-c1ccccc1. The van der Waals surface area contributed by atoms with E-state index in [4.69, 9.17) is 0 Å². The van der Waals surface area contributed by atoms with Crippen molar-refractivity contribution >= 4 is 102 Å². The van der Waals surface area contributed by atoms with Gasteiger partial charge in [0.15, 0.2) is 0 Å². The van der Waals surface area contributed by atoms with Crippen molar-refractivity contribution in [3.05, 3.63) is 243 Å². The second kappa shape index (κ2) is 16.3. The molecule has 0 aliphatic heterocycles. The molecule has 2 nitrogen and oxygen atoms in total. The van der Waals surface area contributed by atoms with Crippen LogP contribution in [0.4, 0.5) is 0 Å². The van der Waals surface area contributed by atoms with Gasteiger partial charge < -0.3 is 9.13 Å². The van der Waals surface area contributed by atoms with Crippen molar-refractivity contribution < 1.29 is 0 Å². The van der Waals surface area contributed by atoms with E-state index in [2.05, 4.69) is 278 Å². The Kier molecular flexibility index (Phi) is 9.81. The lowest BCUT2D eigenvalue weighted by Gasteiger charge is -2.25. The van der Waals surface area contributed by atoms with Crippen molar-refractivity contribution in [2.24, 2.45) is 0 Å². The van der Waals surface area contributed by atoms with Crippen LogP contribution in [-0.4, -0.2) is 25.3 Å². The molecule has 0 fully saturated rings. The van der Waals surface area contributed by atoms with Gasteiger partial charge in [0.25, 0.3) is 0 Å². The molecule has 0 spiro atoms. The number of nitrogens with zero attached hydrogens (tertiary/aromatic N) is 2. The minimum atomic E-state index is -2.10. The van der Waals surface area contributed by atoms with Crippen LogP contribution in [0.15, 0.2) is 243 Å². The number of benzene rings is 11. The topological polar surface area (TPSA) is 9.86 Å². The van der Waals surface area contributed by atoms with Crippen molar-refractivity contribution in [1.29, 1.82) is 0 Å². The highest BCUT2D eigenvalue weighted by atomic mass is 28.3. The molecule has 11 aromatic carbocycles. The number of hydrogen-bond acceptors (Lipinski definition) is 0. The lowest BCUT2D eigenvalue weighted by molar-refractivity contribution is 1.18. The second-order valence-corrected chi connectivity index (χ2v) is 28.9. The fourth-order valence-electron chi connectivity index (χ4n) is 11.6. The third-order valence-electron chi connectivity index (χ3n) is 15.5. The lowest BCUT2D eigenvalue weighted by atomic mass is 9.86. The summed E-state index contributed by atoms with van der Waals surface area (Å²) in [5, 5.41) is 16.1. The summed E-state index contributed by atoms with van der Waals surface area (Å²) in [7, 11) is -4.19. The van der Waals surface area contributed by atoms with Gasteiger partial charge in [-0.3, -0.25) is 0 Å². The minimum absolute atomic E-state index is 1.19. The highest BCUT2D eigenvalue weighted by Gasteiger charge is 2.29. The first-order chi connectivity index (χ1) is 34.3. The Morgan fingerprint density at radius 1 is 0.243 bits per heavy atom. The first kappa shape index (κ1) is 42.1. The molecule has 0 saturated carbocycles. The molecule has 0 amide bonds. The van der Waals surface area contributed by atoms with Gasteiger partial charge >= 0.3 is 0 Å². The van der Waals surface area contributed by atoms with E-state index in [0.29, 0.717) is 0 Å². The molecule has 13 aromatic rings. The van der Waals surface area contributed by atoms with E-state index in [-0.39, 0.29) is 0 Å². The van der Waals surface area contributed by atoms with Crippen molar-refractivity contribution in [2.45, 2.75) is 26.2 Å². The summed E-state index contributed by atoms with van der Waals surface area (Å²) < 4.78 is 4.81. The van der Waals surface area contributed by atoms with Gasteiger partial charge in [0, 0.05) is 32.9 Å². The molecular weight excluding hydrogens is 877 g/mol. The van der Waals surface area contributed by atoms with Crippen LogP contribution in [0.25, 0.3) is 98.8 Å². The van der Waals surface area contributed by atoms with E-state index in [0.717, 1.165) is 0 Å². The number of fused-ring (bicyclic) bond motifs is 8. The quantitative estimate of drug-likeness (QED) is 0.106. The summed E-state index contributed by atoms with van der Waals surface area (Å²) in [6, 6.07) is 90.9. The molecule has 2 aromatic heterocycles. The van der Waals surface area contributed by atoms with E-state index in [9.17, 15) is 0 Å². The van der Waals surface area contributed by atoms with Crippen molar-refractivity contribution in [3.63, 3.8) is 0 Å². The minimum Gasteiger partial charge on any atom is -0.309 e. The largest absolute Gasteiger partial charge is 0.309 e. The van der Waals surface area contributed by atoms with Crippen molar-refractivity contribution in [3.8, 4) is 33.6 Å². The van der Waals surface area contributed by atoms with Crippen molar-refractivity contribution in [1.82, 2.24) is 9.13 Å². The van der Waals surface area contributed by atoms with E-state index in [1.54, 1.807) is 0 Å². The van der Waals surface area contributed by atoms with Crippen LogP contribution in [0.5, 0.6) is 0 Å². The monoisotopic (exact) mass is 928 g/mol. The van der Waals surface area contributed by atoms with Crippen LogP contribution in [0, 0.1) is 0 Å². The first-order valence-corrected chi connectivity index (χ1v) is 30.6. The smallest absolute Gasteiger partial charge is 0.112 e. The van der Waals surface area contributed by atoms with Crippen LogP contribution in [0.3, 0.4) is 0 Å². The Bertz CT molecular complexity index is 3820. The Morgan fingerprint density at radius 2 is 0.529 bits per heavy atom. The van der Waals surface area contributed by atoms with Gasteiger partial charge in [-0.15, -0.1) is 0 Å². The number of aromatic nitrogens is 2. The third-order valence-corrected chi connectivity index (χ3v) is 22.6. The highest BCUT2D eigenvalue weighted by molar-refractivity contribution is 7.01. The fraction of sp³-hybridized carbons (Fsp3) is 0.0606. The van der Waals surface area contributed by atoms with Gasteiger partial charge in [0.2, 0.25) is 0 Å². The average molecular weight is 929 g/mol. The zero-order chi connectivity index (χ0) is 47.1. The predicted octanol–water partition coefficient (Wildman–Crippen LogP) is 15.2. The molecule has 0 N–H and O–H groups in total. The third kappa shape index (κ3) is 6.59. The van der Waals surface area contributed by atoms with Gasteiger partial charge in [-0.2, -0.15) is 0 Å². The first-order valence-electron chi connectivity index (χ1n) is 24.6. The molecule has 0 saturated heterocycles. The Labute approximate surface area is 411 Å². The lowest BCUT2D eigenvalue weighted by Crippen LogP contribution is -2.52. The molecular formula is C66H52N2Si2. The standard InChI is InChI=1S/C66H52N2Si2/c1-69(2,51-39-41-63-59(43-51)53-23-15-17-29-61(53)67(63)47-19-7-5-8-20-47)49-35-31-45(32-36-49)65-55-25-11-13-27-57(55)66(58-28-14-12-26-56(58)65)46-33-37-50(38-34-46)70(3,4)52-40-42-64-60(44-52)54-24-16-18-30-62(54)68(64)48-21-9-6-10-22-48/h5-44H,1-4H3. The summed E-state index contributed by atoms with van der Waals surface area (Å²) in [6.07, 6.45) is 0. The number of hydrogen-bond donors (Lipinski definition) is 0. The molecule has 4 heteroatoms. The van der Waals surface area contributed by atoms with E-state index in [1.807, 2.05) is 0 Å².